The van der Waals surface area contributed by atoms with Gasteiger partial charge in [-0.15, -0.1) is 0 Å². The maximum Gasteiger partial charge on any atom is 0.342 e. The van der Waals surface area contributed by atoms with E-state index in [1.165, 1.54) is 17.5 Å². The van der Waals surface area contributed by atoms with Gasteiger partial charge >= 0.3 is 6.03 Å². The second-order valence-electron chi connectivity index (χ2n) is 6.35. The first-order valence-corrected chi connectivity index (χ1v) is 9.49. The Kier molecular flexibility index (Phi) is 5.33. The fourth-order valence-electron chi connectivity index (χ4n) is 2.96. The SMILES string of the molecule is O=C(c1ccc(Cc2c(Cl)cc(N3N=CCNC3=O)cc2Cl)cc1)c1cnc[nH]1. The Hall–Kier alpha value is -3.16. The van der Waals surface area contributed by atoms with Gasteiger partial charge in [0.25, 0.3) is 0 Å². The summed E-state index contributed by atoms with van der Waals surface area (Å²) < 4.78 is 0. The molecule has 0 bridgehead atoms. The van der Waals surface area contributed by atoms with Gasteiger partial charge in [-0.3, -0.25) is 4.79 Å². The Morgan fingerprint density at radius 2 is 1.86 bits per heavy atom. The molecule has 0 atom stereocenters. The molecule has 29 heavy (non-hydrogen) atoms. The van der Waals surface area contributed by atoms with E-state index < -0.39 is 0 Å². The summed E-state index contributed by atoms with van der Waals surface area (Å²) in [6.45, 7) is 0.383. The fraction of sp³-hybridized carbons (Fsp3) is 0.100. The molecule has 9 heteroatoms. The third-order valence-corrected chi connectivity index (χ3v) is 5.12. The van der Waals surface area contributed by atoms with E-state index in [1.807, 2.05) is 12.1 Å². The summed E-state index contributed by atoms with van der Waals surface area (Å²) in [5, 5.41) is 8.80. The average Bonchev–Trinajstić information content (AvgIpc) is 3.26. The lowest BCUT2D eigenvalue weighted by atomic mass is 10.0. The van der Waals surface area contributed by atoms with Crippen LogP contribution in [-0.2, 0) is 6.42 Å². The number of nitrogens with zero attached hydrogens (tertiary/aromatic N) is 3. The average molecular weight is 428 g/mol. The molecule has 0 spiro atoms. The second kappa shape index (κ2) is 8.06. The fourth-order valence-corrected chi connectivity index (χ4v) is 3.57. The number of halogens is 2. The van der Waals surface area contributed by atoms with Crippen LogP contribution in [0.25, 0.3) is 0 Å². The smallest absolute Gasteiger partial charge is 0.342 e. The van der Waals surface area contributed by atoms with Crippen molar-refractivity contribution >= 4 is 46.9 Å². The second-order valence-corrected chi connectivity index (χ2v) is 7.17. The molecular formula is C20H15Cl2N5O2. The van der Waals surface area contributed by atoms with Crippen LogP contribution in [0.3, 0.4) is 0 Å². The molecule has 1 aliphatic heterocycles. The van der Waals surface area contributed by atoms with Crippen molar-refractivity contribution < 1.29 is 9.59 Å². The molecule has 2 aromatic carbocycles. The third-order valence-electron chi connectivity index (χ3n) is 4.44. The van der Waals surface area contributed by atoms with Crippen LogP contribution in [0.5, 0.6) is 0 Å². The number of hydrogen-bond acceptors (Lipinski definition) is 4. The van der Waals surface area contributed by atoms with Gasteiger partial charge in [0, 0.05) is 28.2 Å². The van der Waals surface area contributed by atoms with Gasteiger partial charge in [-0.05, 0) is 23.3 Å². The number of anilines is 1. The van der Waals surface area contributed by atoms with Crippen LogP contribution in [0.1, 0.15) is 27.2 Å². The van der Waals surface area contributed by atoms with Crippen molar-refractivity contribution in [3.63, 3.8) is 0 Å². The maximum absolute atomic E-state index is 12.3. The Bertz CT molecular complexity index is 1070. The van der Waals surface area contributed by atoms with E-state index in [0.717, 1.165) is 11.1 Å². The van der Waals surface area contributed by atoms with Crippen LogP contribution in [0.4, 0.5) is 10.5 Å². The van der Waals surface area contributed by atoms with Crippen molar-refractivity contribution in [2.75, 3.05) is 11.6 Å². The van der Waals surface area contributed by atoms with E-state index in [-0.39, 0.29) is 11.8 Å². The van der Waals surface area contributed by atoms with E-state index in [2.05, 4.69) is 20.4 Å². The van der Waals surface area contributed by atoms with E-state index >= 15 is 0 Å². The van der Waals surface area contributed by atoms with Crippen molar-refractivity contribution in [2.45, 2.75) is 6.42 Å². The molecule has 0 saturated heterocycles. The number of carbonyl (C=O) groups excluding carboxylic acids is 2. The summed E-state index contributed by atoms with van der Waals surface area (Å²) in [4.78, 5) is 31.0. The highest BCUT2D eigenvalue weighted by Crippen LogP contribution is 2.33. The number of aromatic amines is 1. The lowest BCUT2D eigenvalue weighted by molar-refractivity contribution is 0.103. The number of nitrogens with one attached hydrogen (secondary N) is 2. The first-order chi connectivity index (χ1) is 14.0. The van der Waals surface area contributed by atoms with Crippen molar-refractivity contribution in [1.82, 2.24) is 15.3 Å². The molecule has 1 aromatic heterocycles. The molecule has 1 aliphatic rings. The van der Waals surface area contributed by atoms with E-state index in [9.17, 15) is 9.59 Å². The number of urea groups is 1. The summed E-state index contributed by atoms with van der Waals surface area (Å²) in [5.74, 6) is -0.130. The number of carbonyl (C=O) groups is 2. The Balaban J connectivity index is 1.55. The number of H-pyrrole nitrogens is 1. The summed E-state index contributed by atoms with van der Waals surface area (Å²) in [6, 6.07) is 10.2. The van der Waals surface area contributed by atoms with Crippen LogP contribution in [0.15, 0.2) is 54.0 Å². The van der Waals surface area contributed by atoms with Crippen molar-refractivity contribution in [3.8, 4) is 0 Å². The first kappa shape index (κ1) is 19.2. The topological polar surface area (TPSA) is 90.4 Å². The van der Waals surface area contributed by atoms with Gasteiger partial charge in [0.15, 0.2) is 0 Å². The molecular weight excluding hydrogens is 413 g/mol. The number of imidazole rings is 1. The molecule has 0 unspecified atom stereocenters. The Labute approximate surface area is 176 Å². The minimum absolute atomic E-state index is 0.130. The molecule has 4 rings (SSSR count). The molecule has 2 heterocycles. The molecule has 146 valence electrons. The van der Waals surface area contributed by atoms with Crippen molar-refractivity contribution in [1.29, 1.82) is 0 Å². The molecule has 2 N–H and O–H groups in total. The van der Waals surface area contributed by atoms with Crippen molar-refractivity contribution in [3.05, 3.63) is 81.4 Å². The highest BCUT2D eigenvalue weighted by atomic mass is 35.5. The van der Waals surface area contributed by atoms with Gasteiger partial charge in [-0.1, -0.05) is 47.5 Å². The number of hydrogen-bond donors (Lipinski definition) is 2. The summed E-state index contributed by atoms with van der Waals surface area (Å²) in [6.07, 6.45) is 5.02. The zero-order chi connectivity index (χ0) is 20.4. The van der Waals surface area contributed by atoms with E-state index in [0.29, 0.717) is 40.0 Å². The predicted octanol–water partition coefficient (Wildman–Crippen LogP) is 4.05. The lowest BCUT2D eigenvalue weighted by Gasteiger charge is -2.22. The van der Waals surface area contributed by atoms with E-state index in [1.54, 1.807) is 30.5 Å². The van der Waals surface area contributed by atoms with E-state index in [4.69, 9.17) is 23.2 Å². The number of rotatable bonds is 5. The number of ketones is 1. The van der Waals surface area contributed by atoms with Gasteiger partial charge < -0.3 is 10.3 Å². The van der Waals surface area contributed by atoms with Crippen LogP contribution >= 0.6 is 23.2 Å². The maximum atomic E-state index is 12.3. The quantitative estimate of drug-likeness (QED) is 0.601. The van der Waals surface area contributed by atoms with Crippen LogP contribution in [-0.4, -0.2) is 34.5 Å². The molecule has 7 nitrogen and oxygen atoms in total. The summed E-state index contributed by atoms with van der Waals surface area (Å²) in [7, 11) is 0. The van der Waals surface area contributed by atoms with Gasteiger partial charge in [0.2, 0.25) is 5.78 Å². The molecule has 0 saturated carbocycles. The van der Waals surface area contributed by atoms with Crippen LogP contribution < -0.4 is 10.3 Å². The zero-order valence-electron chi connectivity index (χ0n) is 15.0. The van der Waals surface area contributed by atoms with Gasteiger partial charge in [0.1, 0.15) is 5.69 Å². The highest BCUT2D eigenvalue weighted by molar-refractivity contribution is 6.36. The number of aromatic nitrogens is 2. The van der Waals surface area contributed by atoms with Crippen LogP contribution in [0.2, 0.25) is 10.0 Å². The molecule has 0 aliphatic carbocycles. The summed E-state index contributed by atoms with van der Waals surface area (Å²) >= 11 is 12.9. The lowest BCUT2D eigenvalue weighted by Crippen LogP contribution is -2.41. The number of hydrazone groups is 1. The normalized spacial score (nSPS) is 13.4. The Morgan fingerprint density at radius 1 is 1.14 bits per heavy atom. The largest absolute Gasteiger partial charge is 0.342 e. The van der Waals surface area contributed by atoms with Gasteiger partial charge in [-0.25, -0.2) is 9.78 Å². The summed E-state index contributed by atoms with van der Waals surface area (Å²) in [5.41, 5.74) is 3.14. The molecule has 2 amide bonds. The third kappa shape index (κ3) is 4.01. The van der Waals surface area contributed by atoms with Crippen LogP contribution in [0, 0.1) is 0 Å². The highest BCUT2D eigenvalue weighted by Gasteiger charge is 2.20. The monoisotopic (exact) mass is 427 g/mol. The van der Waals surface area contributed by atoms with Gasteiger partial charge in [-0.2, -0.15) is 10.1 Å². The predicted molar refractivity (Wildman–Crippen MR) is 112 cm³/mol. The Morgan fingerprint density at radius 3 is 2.48 bits per heavy atom. The standard InChI is InChI=1S/C20H15Cl2N5O2/c21-16-8-14(27-20(29)24-5-6-26-27)9-17(22)15(16)7-12-1-3-13(4-2-12)19(28)18-10-23-11-25-18/h1-4,6,8-11H,5,7H2,(H,23,25)(H,24,29). The molecule has 0 fully saturated rings. The minimum Gasteiger partial charge on any atom is -0.342 e. The number of amides is 2. The first-order valence-electron chi connectivity index (χ1n) is 8.73. The molecule has 3 aromatic rings. The molecule has 0 radical (unpaired) electrons. The van der Waals surface area contributed by atoms with Crippen molar-refractivity contribution in [2.24, 2.45) is 5.10 Å². The minimum atomic E-state index is -0.343. The zero-order valence-corrected chi connectivity index (χ0v) is 16.5. The number of benzene rings is 2. The van der Waals surface area contributed by atoms with Gasteiger partial charge in [0.05, 0.1) is 24.8 Å².